The first-order valence-electron chi connectivity index (χ1n) is 5.27. The minimum atomic E-state index is -3.77. The van der Waals surface area contributed by atoms with Crippen LogP contribution in [-0.4, -0.2) is 18.0 Å². The summed E-state index contributed by atoms with van der Waals surface area (Å²) in [5.74, 6) is 0. The normalized spacial score (nSPS) is 11.6. The molecule has 0 radical (unpaired) electrons. The number of aromatic nitrogens is 2. The third kappa shape index (κ3) is 3.03. The summed E-state index contributed by atoms with van der Waals surface area (Å²) in [4.78, 5) is 3.80. The molecular formula is C11H11ClIN3O2S. The van der Waals surface area contributed by atoms with E-state index in [4.69, 9.17) is 11.6 Å². The van der Waals surface area contributed by atoms with Crippen molar-refractivity contribution in [2.24, 2.45) is 7.05 Å². The van der Waals surface area contributed by atoms with Crippen molar-refractivity contribution in [3.63, 3.8) is 0 Å². The van der Waals surface area contributed by atoms with Gasteiger partial charge in [-0.1, -0.05) is 17.7 Å². The van der Waals surface area contributed by atoms with Crippen LogP contribution in [0.4, 0.5) is 5.69 Å². The van der Waals surface area contributed by atoms with Crippen molar-refractivity contribution < 1.29 is 8.42 Å². The Kier molecular flexibility index (Phi) is 4.07. The third-order valence-electron chi connectivity index (χ3n) is 2.51. The summed E-state index contributed by atoms with van der Waals surface area (Å²) in [6.07, 6.45) is 1.36. The second kappa shape index (κ2) is 5.29. The molecule has 1 aromatic heterocycles. The Morgan fingerprint density at radius 2 is 2.11 bits per heavy atom. The van der Waals surface area contributed by atoms with E-state index >= 15 is 0 Å². The van der Waals surface area contributed by atoms with Gasteiger partial charge in [-0.3, -0.25) is 4.72 Å². The first-order chi connectivity index (χ1) is 8.81. The lowest BCUT2D eigenvalue weighted by Gasteiger charge is -2.08. The molecule has 0 unspecified atom stereocenters. The Labute approximate surface area is 130 Å². The molecule has 0 saturated heterocycles. The summed E-state index contributed by atoms with van der Waals surface area (Å²) >= 11 is 8.04. The van der Waals surface area contributed by atoms with Gasteiger partial charge in [0.2, 0.25) is 5.03 Å². The first-order valence-corrected chi connectivity index (χ1v) is 8.21. The van der Waals surface area contributed by atoms with Crippen LogP contribution in [0.2, 0.25) is 5.15 Å². The molecule has 0 amide bonds. The molecule has 1 heterocycles. The van der Waals surface area contributed by atoms with E-state index in [-0.39, 0.29) is 10.2 Å². The number of aryl methyl sites for hydroxylation is 2. The number of hydrogen-bond acceptors (Lipinski definition) is 3. The second-order valence-corrected chi connectivity index (χ2v) is 7.14. The van der Waals surface area contributed by atoms with Crippen molar-refractivity contribution in [1.29, 1.82) is 0 Å². The summed E-state index contributed by atoms with van der Waals surface area (Å²) in [5.41, 5.74) is 1.57. The van der Waals surface area contributed by atoms with E-state index < -0.39 is 10.0 Å². The monoisotopic (exact) mass is 411 g/mol. The Morgan fingerprint density at radius 1 is 1.42 bits per heavy atom. The van der Waals surface area contributed by atoms with Gasteiger partial charge in [0.15, 0.2) is 0 Å². The van der Waals surface area contributed by atoms with Gasteiger partial charge in [0.05, 0.1) is 6.33 Å². The molecule has 102 valence electrons. The lowest BCUT2D eigenvalue weighted by molar-refractivity contribution is 0.598. The van der Waals surface area contributed by atoms with Gasteiger partial charge in [0.1, 0.15) is 5.15 Å². The number of nitrogens with zero attached hydrogens (tertiary/aromatic N) is 2. The molecule has 8 heteroatoms. The molecular weight excluding hydrogens is 401 g/mol. The molecule has 0 fully saturated rings. The average molecular weight is 412 g/mol. The molecule has 2 aromatic rings. The van der Waals surface area contributed by atoms with Crippen molar-refractivity contribution in [3.05, 3.63) is 38.8 Å². The topological polar surface area (TPSA) is 64.0 Å². The zero-order chi connectivity index (χ0) is 14.2. The molecule has 0 bridgehead atoms. The zero-order valence-corrected chi connectivity index (χ0v) is 13.9. The Balaban J connectivity index is 2.36. The molecule has 0 aliphatic carbocycles. The minimum absolute atomic E-state index is 0.0781. The van der Waals surface area contributed by atoms with E-state index in [0.29, 0.717) is 5.69 Å². The number of hydrogen-bond donors (Lipinski definition) is 1. The SMILES string of the molecule is Cc1ccc(NS(=O)(=O)c2ncn(C)c2Cl)cc1I. The van der Waals surface area contributed by atoms with Gasteiger partial charge in [-0.25, -0.2) is 4.98 Å². The fraction of sp³-hybridized carbons (Fsp3) is 0.182. The van der Waals surface area contributed by atoms with Crippen molar-refractivity contribution in [2.75, 3.05) is 4.72 Å². The molecule has 5 nitrogen and oxygen atoms in total. The standard InChI is InChI=1S/C11H11ClIN3O2S/c1-7-3-4-8(5-9(7)13)15-19(17,18)11-10(12)16(2)6-14-11/h3-6,15H,1-2H3. The summed E-state index contributed by atoms with van der Waals surface area (Å²) in [5, 5.41) is -0.0958. The van der Waals surface area contributed by atoms with E-state index in [0.717, 1.165) is 9.13 Å². The summed E-state index contributed by atoms with van der Waals surface area (Å²) in [6.45, 7) is 1.95. The molecule has 1 aromatic carbocycles. The highest BCUT2D eigenvalue weighted by atomic mass is 127. The molecule has 19 heavy (non-hydrogen) atoms. The average Bonchev–Trinajstić information content (AvgIpc) is 2.65. The molecule has 0 atom stereocenters. The lowest BCUT2D eigenvalue weighted by atomic mass is 10.2. The number of rotatable bonds is 3. The van der Waals surface area contributed by atoms with Gasteiger partial charge in [-0.2, -0.15) is 8.42 Å². The van der Waals surface area contributed by atoms with Crippen LogP contribution in [0.25, 0.3) is 0 Å². The zero-order valence-electron chi connectivity index (χ0n) is 10.2. The maximum absolute atomic E-state index is 12.2. The number of nitrogens with one attached hydrogen (secondary N) is 1. The Bertz CT molecular complexity index is 728. The summed E-state index contributed by atoms with van der Waals surface area (Å²) in [7, 11) is -2.14. The van der Waals surface area contributed by atoms with Crippen molar-refractivity contribution in [2.45, 2.75) is 11.9 Å². The number of halogens is 2. The Morgan fingerprint density at radius 3 is 2.63 bits per heavy atom. The summed E-state index contributed by atoms with van der Waals surface area (Å²) < 4.78 is 29.2. The summed E-state index contributed by atoms with van der Waals surface area (Å²) in [6, 6.07) is 5.30. The maximum Gasteiger partial charge on any atom is 0.282 e. The number of benzene rings is 1. The van der Waals surface area contributed by atoms with Crippen LogP contribution in [0.3, 0.4) is 0 Å². The lowest BCUT2D eigenvalue weighted by Crippen LogP contribution is -2.14. The molecule has 0 aliphatic rings. The molecule has 1 N–H and O–H groups in total. The van der Waals surface area contributed by atoms with Crippen LogP contribution >= 0.6 is 34.2 Å². The fourth-order valence-corrected chi connectivity index (χ4v) is 3.43. The van der Waals surface area contributed by atoms with Gasteiger partial charge in [-0.15, -0.1) is 0 Å². The van der Waals surface area contributed by atoms with E-state index in [1.165, 1.54) is 10.9 Å². The highest BCUT2D eigenvalue weighted by Crippen LogP contribution is 2.23. The quantitative estimate of drug-likeness (QED) is 0.790. The first kappa shape index (κ1) is 14.6. The predicted octanol–water partition coefficient (Wildman–Crippen LogP) is 2.79. The van der Waals surface area contributed by atoms with Gasteiger partial charge in [-0.05, 0) is 47.2 Å². The number of sulfonamides is 1. The van der Waals surface area contributed by atoms with Crippen LogP contribution in [0.1, 0.15) is 5.56 Å². The third-order valence-corrected chi connectivity index (χ3v) is 5.55. The molecule has 0 spiro atoms. The predicted molar refractivity (Wildman–Crippen MR) is 82.9 cm³/mol. The Hall–Kier alpha value is -0.800. The van der Waals surface area contributed by atoms with Crippen LogP contribution in [0.15, 0.2) is 29.6 Å². The molecule has 2 rings (SSSR count). The number of imidazole rings is 1. The fourth-order valence-electron chi connectivity index (χ4n) is 1.43. The molecule has 0 aliphatic heterocycles. The minimum Gasteiger partial charge on any atom is -0.324 e. The van der Waals surface area contributed by atoms with E-state index in [1.54, 1.807) is 19.2 Å². The van der Waals surface area contributed by atoms with Gasteiger partial charge in [0, 0.05) is 16.3 Å². The van der Waals surface area contributed by atoms with E-state index in [2.05, 4.69) is 32.3 Å². The van der Waals surface area contributed by atoms with Crippen LogP contribution in [0, 0.1) is 10.5 Å². The molecule has 0 saturated carbocycles. The van der Waals surface area contributed by atoms with Crippen LogP contribution < -0.4 is 4.72 Å². The maximum atomic E-state index is 12.2. The van der Waals surface area contributed by atoms with Crippen LogP contribution in [0.5, 0.6) is 0 Å². The van der Waals surface area contributed by atoms with Gasteiger partial charge < -0.3 is 4.57 Å². The second-order valence-electron chi connectivity index (χ2n) is 4.02. The van der Waals surface area contributed by atoms with E-state index in [1.807, 2.05) is 13.0 Å². The van der Waals surface area contributed by atoms with Gasteiger partial charge in [0.25, 0.3) is 10.0 Å². The van der Waals surface area contributed by atoms with Crippen LogP contribution in [-0.2, 0) is 17.1 Å². The van der Waals surface area contributed by atoms with Gasteiger partial charge >= 0.3 is 0 Å². The number of anilines is 1. The van der Waals surface area contributed by atoms with Crippen molar-refractivity contribution in [3.8, 4) is 0 Å². The highest BCUT2D eigenvalue weighted by Gasteiger charge is 2.22. The van der Waals surface area contributed by atoms with Crippen molar-refractivity contribution in [1.82, 2.24) is 9.55 Å². The smallest absolute Gasteiger partial charge is 0.282 e. The highest BCUT2D eigenvalue weighted by molar-refractivity contribution is 14.1. The van der Waals surface area contributed by atoms with Crippen molar-refractivity contribution >= 4 is 49.9 Å². The van der Waals surface area contributed by atoms with E-state index in [9.17, 15) is 8.42 Å². The largest absolute Gasteiger partial charge is 0.324 e.